The lowest BCUT2D eigenvalue weighted by molar-refractivity contribution is 0.102. The molecular formula is C12H9BrClN3O. The summed E-state index contributed by atoms with van der Waals surface area (Å²) in [6.07, 6.45) is 2.98. The van der Waals surface area contributed by atoms with Crippen molar-refractivity contribution in [2.45, 2.75) is 6.92 Å². The van der Waals surface area contributed by atoms with E-state index in [1.165, 1.54) is 6.20 Å². The summed E-state index contributed by atoms with van der Waals surface area (Å²) in [6, 6.07) is 5.17. The standard InChI is InChI=1S/C12H9BrClN3O/c1-7-5-16-11(6-15-7)12(18)17-8-2-3-9(13)10(14)4-8/h2-6H,1H3,(H,17,18). The van der Waals surface area contributed by atoms with Crippen LogP contribution in [0.5, 0.6) is 0 Å². The van der Waals surface area contributed by atoms with Crippen molar-refractivity contribution in [3.63, 3.8) is 0 Å². The quantitative estimate of drug-likeness (QED) is 0.919. The number of anilines is 1. The number of carbonyl (C=O) groups excluding carboxylic acids is 1. The fraction of sp³-hybridized carbons (Fsp3) is 0.0833. The lowest BCUT2D eigenvalue weighted by Crippen LogP contribution is -2.14. The van der Waals surface area contributed by atoms with E-state index >= 15 is 0 Å². The first kappa shape index (κ1) is 13.0. The smallest absolute Gasteiger partial charge is 0.275 e. The summed E-state index contributed by atoms with van der Waals surface area (Å²) in [5.41, 5.74) is 1.63. The zero-order chi connectivity index (χ0) is 13.1. The van der Waals surface area contributed by atoms with Crippen molar-refractivity contribution in [3.05, 3.63) is 51.5 Å². The monoisotopic (exact) mass is 325 g/mol. The third kappa shape index (κ3) is 3.05. The molecule has 1 aromatic heterocycles. The summed E-state index contributed by atoms with van der Waals surface area (Å²) in [5.74, 6) is -0.319. The number of halogens is 2. The molecule has 1 N–H and O–H groups in total. The SMILES string of the molecule is Cc1cnc(C(=O)Nc2ccc(Br)c(Cl)c2)cn1. The summed E-state index contributed by atoms with van der Waals surface area (Å²) in [4.78, 5) is 19.9. The predicted octanol–water partition coefficient (Wildman–Crippen LogP) is 3.45. The summed E-state index contributed by atoms with van der Waals surface area (Å²) in [7, 11) is 0. The highest BCUT2D eigenvalue weighted by molar-refractivity contribution is 9.10. The Kier molecular flexibility index (Phi) is 3.93. The Morgan fingerprint density at radius 2 is 2.11 bits per heavy atom. The van der Waals surface area contributed by atoms with Gasteiger partial charge in [-0.1, -0.05) is 11.6 Å². The van der Waals surface area contributed by atoms with Gasteiger partial charge in [0.05, 0.1) is 16.9 Å². The van der Waals surface area contributed by atoms with Crippen LogP contribution in [0.4, 0.5) is 5.69 Å². The topological polar surface area (TPSA) is 54.9 Å². The van der Waals surface area contributed by atoms with E-state index in [4.69, 9.17) is 11.6 Å². The van der Waals surface area contributed by atoms with Crippen LogP contribution in [-0.4, -0.2) is 15.9 Å². The van der Waals surface area contributed by atoms with E-state index in [9.17, 15) is 4.79 Å². The van der Waals surface area contributed by atoms with Crippen molar-refractivity contribution in [1.29, 1.82) is 0 Å². The first-order valence-corrected chi connectivity index (χ1v) is 6.28. The molecule has 0 aliphatic heterocycles. The number of amides is 1. The van der Waals surface area contributed by atoms with E-state index in [-0.39, 0.29) is 11.6 Å². The minimum atomic E-state index is -0.319. The number of nitrogens with one attached hydrogen (secondary N) is 1. The largest absolute Gasteiger partial charge is 0.321 e. The lowest BCUT2D eigenvalue weighted by atomic mass is 10.3. The molecule has 18 heavy (non-hydrogen) atoms. The van der Waals surface area contributed by atoms with Gasteiger partial charge >= 0.3 is 0 Å². The normalized spacial score (nSPS) is 10.2. The highest BCUT2D eigenvalue weighted by atomic mass is 79.9. The minimum Gasteiger partial charge on any atom is -0.321 e. The first-order valence-electron chi connectivity index (χ1n) is 5.11. The Morgan fingerprint density at radius 1 is 1.33 bits per heavy atom. The maximum Gasteiger partial charge on any atom is 0.275 e. The van der Waals surface area contributed by atoms with Crippen molar-refractivity contribution in [1.82, 2.24) is 9.97 Å². The van der Waals surface area contributed by atoms with E-state index < -0.39 is 0 Å². The Balaban J connectivity index is 2.16. The van der Waals surface area contributed by atoms with Crippen molar-refractivity contribution in [3.8, 4) is 0 Å². The number of aryl methyl sites for hydroxylation is 1. The van der Waals surface area contributed by atoms with Gasteiger partial charge in [-0.2, -0.15) is 0 Å². The van der Waals surface area contributed by atoms with Crippen LogP contribution < -0.4 is 5.32 Å². The number of carbonyl (C=O) groups is 1. The Morgan fingerprint density at radius 3 is 2.72 bits per heavy atom. The third-order valence-electron chi connectivity index (χ3n) is 2.19. The van der Waals surface area contributed by atoms with Crippen LogP contribution in [0.1, 0.15) is 16.2 Å². The number of hydrogen-bond donors (Lipinski definition) is 1. The van der Waals surface area contributed by atoms with Crippen molar-refractivity contribution in [2.75, 3.05) is 5.32 Å². The molecule has 0 unspecified atom stereocenters. The highest BCUT2D eigenvalue weighted by Crippen LogP contribution is 2.25. The van der Waals surface area contributed by atoms with Crippen LogP contribution >= 0.6 is 27.5 Å². The third-order valence-corrected chi connectivity index (χ3v) is 3.42. The van der Waals surface area contributed by atoms with Crippen LogP contribution in [0.2, 0.25) is 5.02 Å². The number of hydrogen-bond acceptors (Lipinski definition) is 3. The van der Waals surface area contributed by atoms with Gasteiger partial charge in [-0.25, -0.2) is 4.98 Å². The van der Waals surface area contributed by atoms with Gasteiger partial charge in [-0.05, 0) is 41.1 Å². The van der Waals surface area contributed by atoms with Gasteiger partial charge in [0.1, 0.15) is 5.69 Å². The molecule has 0 fully saturated rings. The van der Waals surface area contributed by atoms with Crippen molar-refractivity contribution in [2.24, 2.45) is 0 Å². The molecule has 1 amide bonds. The summed E-state index contributed by atoms with van der Waals surface area (Å²) >= 11 is 9.22. The molecule has 4 nitrogen and oxygen atoms in total. The Hall–Kier alpha value is -1.46. The molecule has 1 aromatic carbocycles. The molecule has 0 aliphatic carbocycles. The fourth-order valence-corrected chi connectivity index (χ4v) is 1.71. The maximum absolute atomic E-state index is 11.9. The second kappa shape index (κ2) is 5.46. The summed E-state index contributed by atoms with van der Waals surface area (Å²) in [6.45, 7) is 1.81. The molecule has 0 radical (unpaired) electrons. The maximum atomic E-state index is 11.9. The van der Waals surface area contributed by atoms with Gasteiger partial charge in [0.2, 0.25) is 0 Å². The predicted molar refractivity (Wildman–Crippen MR) is 73.9 cm³/mol. The Labute approximate surface area is 118 Å². The molecule has 92 valence electrons. The highest BCUT2D eigenvalue weighted by Gasteiger charge is 2.08. The molecule has 2 aromatic rings. The zero-order valence-corrected chi connectivity index (χ0v) is 11.8. The van der Waals surface area contributed by atoms with E-state index in [1.807, 2.05) is 6.92 Å². The molecule has 1 heterocycles. The van der Waals surface area contributed by atoms with Gasteiger partial charge in [0, 0.05) is 16.4 Å². The van der Waals surface area contributed by atoms with E-state index in [1.54, 1.807) is 24.4 Å². The minimum absolute atomic E-state index is 0.264. The second-order valence-corrected chi connectivity index (χ2v) is 4.89. The number of nitrogens with zero attached hydrogens (tertiary/aromatic N) is 2. The summed E-state index contributed by atoms with van der Waals surface area (Å²) in [5, 5.41) is 3.23. The zero-order valence-electron chi connectivity index (χ0n) is 9.45. The van der Waals surface area contributed by atoms with E-state index in [0.29, 0.717) is 10.7 Å². The molecular weight excluding hydrogens is 318 g/mol. The van der Waals surface area contributed by atoms with Gasteiger partial charge < -0.3 is 5.32 Å². The van der Waals surface area contributed by atoms with Crippen molar-refractivity contribution < 1.29 is 4.79 Å². The van der Waals surface area contributed by atoms with Crippen molar-refractivity contribution >= 4 is 39.1 Å². The average molecular weight is 327 g/mol. The van der Waals surface area contributed by atoms with Crippen LogP contribution in [0.3, 0.4) is 0 Å². The average Bonchev–Trinajstić information content (AvgIpc) is 2.34. The van der Waals surface area contributed by atoms with E-state index in [2.05, 4.69) is 31.2 Å². The molecule has 2 rings (SSSR count). The van der Waals surface area contributed by atoms with E-state index in [0.717, 1.165) is 10.2 Å². The van der Waals surface area contributed by atoms with Gasteiger partial charge in [0.15, 0.2) is 0 Å². The molecule has 0 saturated heterocycles. The second-order valence-electron chi connectivity index (χ2n) is 3.63. The van der Waals surface area contributed by atoms with Gasteiger partial charge in [-0.15, -0.1) is 0 Å². The van der Waals surface area contributed by atoms with Crippen LogP contribution in [0, 0.1) is 6.92 Å². The molecule has 0 atom stereocenters. The number of aromatic nitrogens is 2. The first-order chi connectivity index (χ1) is 8.56. The van der Waals surface area contributed by atoms with Crippen LogP contribution in [0.15, 0.2) is 35.1 Å². The molecule has 0 bridgehead atoms. The summed E-state index contributed by atoms with van der Waals surface area (Å²) < 4.78 is 0.775. The number of benzene rings is 1. The molecule has 0 aliphatic rings. The molecule has 0 spiro atoms. The van der Waals surface area contributed by atoms with Crippen LogP contribution in [-0.2, 0) is 0 Å². The number of rotatable bonds is 2. The fourth-order valence-electron chi connectivity index (χ4n) is 1.28. The lowest BCUT2D eigenvalue weighted by Gasteiger charge is -2.05. The van der Waals surface area contributed by atoms with Gasteiger partial charge in [0.25, 0.3) is 5.91 Å². The molecule has 6 heteroatoms. The Bertz CT molecular complexity index is 586. The van der Waals surface area contributed by atoms with Gasteiger partial charge in [-0.3, -0.25) is 9.78 Å². The molecule has 0 saturated carbocycles. The van der Waals surface area contributed by atoms with Crippen LogP contribution in [0.25, 0.3) is 0 Å².